The first kappa shape index (κ1) is 16.7. The molecule has 0 unspecified atom stereocenters. The van der Waals surface area contributed by atoms with Gasteiger partial charge in [0.1, 0.15) is 0 Å². The molecule has 0 aromatic heterocycles. The van der Waals surface area contributed by atoms with E-state index in [9.17, 15) is 8.42 Å². The van der Waals surface area contributed by atoms with Crippen molar-refractivity contribution < 1.29 is 8.42 Å². The third kappa shape index (κ3) is 4.29. The molecule has 0 saturated carbocycles. The number of halogens is 1. The van der Waals surface area contributed by atoms with Crippen LogP contribution in [0.1, 0.15) is 32.3 Å². The summed E-state index contributed by atoms with van der Waals surface area (Å²) >= 11 is 3.49. The van der Waals surface area contributed by atoms with Gasteiger partial charge in [0.05, 0.1) is 4.90 Å². The minimum Gasteiger partial charge on any atom is -0.211 e. The molecule has 0 heterocycles. The van der Waals surface area contributed by atoms with E-state index in [2.05, 4.69) is 34.5 Å². The van der Waals surface area contributed by atoms with Crippen LogP contribution in [-0.2, 0) is 10.0 Å². The zero-order chi connectivity index (χ0) is 14.5. The molecule has 0 radical (unpaired) electrons. The van der Waals surface area contributed by atoms with Crippen molar-refractivity contribution in [3.8, 4) is 0 Å². The Morgan fingerprint density at radius 2 is 1.68 bits per heavy atom. The van der Waals surface area contributed by atoms with Gasteiger partial charge in [-0.05, 0) is 37.3 Å². The lowest BCUT2D eigenvalue weighted by atomic mass is 9.85. The Morgan fingerprint density at radius 1 is 1.16 bits per heavy atom. The second kappa shape index (κ2) is 6.86. The molecule has 0 fully saturated rings. The quantitative estimate of drug-likeness (QED) is 0.767. The summed E-state index contributed by atoms with van der Waals surface area (Å²) in [7, 11) is -3.41. The number of benzene rings is 1. The zero-order valence-corrected chi connectivity index (χ0v) is 14.1. The Balaban J connectivity index is 2.83. The van der Waals surface area contributed by atoms with Crippen LogP contribution in [0.15, 0.2) is 29.2 Å². The first-order valence-electron chi connectivity index (χ1n) is 6.51. The molecule has 1 N–H and O–H groups in total. The monoisotopic (exact) mass is 347 g/mol. The van der Waals surface area contributed by atoms with Gasteiger partial charge >= 0.3 is 0 Å². The Hall–Kier alpha value is -0.390. The summed E-state index contributed by atoms with van der Waals surface area (Å²) < 4.78 is 27.2. The van der Waals surface area contributed by atoms with Crippen LogP contribution in [0, 0.1) is 12.3 Å². The highest BCUT2D eigenvalue weighted by Crippen LogP contribution is 2.28. The van der Waals surface area contributed by atoms with Crippen molar-refractivity contribution in [1.82, 2.24) is 4.72 Å². The topological polar surface area (TPSA) is 46.2 Å². The van der Waals surface area contributed by atoms with Gasteiger partial charge in [-0.3, -0.25) is 0 Å². The Labute approximate surface area is 125 Å². The predicted molar refractivity (Wildman–Crippen MR) is 83.2 cm³/mol. The molecule has 0 atom stereocenters. The molecule has 0 bridgehead atoms. The van der Waals surface area contributed by atoms with Gasteiger partial charge in [-0.2, -0.15) is 0 Å². The fourth-order valence-corrected chi connectivity index (χ4v) is 3.93. The Morgan fingerprint density at radius 3 is 2.11 bits per heavy atom. The third-order valence-electron chi connectivity index (χ3n) is 3.75. The van der Waals surface area contributed by atoms with Crippen LogP contribution in [0.3, 0.4) is 0 Å². The van der Waals surface area contributed by atoms with Gasteiger partial charge in [0.25, 0.3) is 0 Å². The predicted octanol–water partition coefficient (Wildman–Crippen LogP) is 3.47. The molecule has 0 aliphatic carbocycles. The summed E-state index contributed by atoms with van der Waals surface area (Å²) in [6, 6.07) is 6.91. The average Bonchev–Trinajstić information content (AvgIpc) is 2.41. The van der Waals surface area contributed by atoms with Crippen molar-refractivity contribution in [1.29, 1.82) is 0 Å². The van der Waals surface area contributed by atoms with E-state index in [1.807, 2.05) is 19.1 Å². The fourth-order valence-electron chi connectivity index (χ4n) is 1.79. The van der Waals surface area contributed by atoms with Crippen LogP contribution >= 0.6 is 15.9 Å². The molecule has 0 saturated heterocycles. The highest BCUT2D eigenvalue weighted by molar-refractivity contribution is 9.09. The molecule has 0 aliphatic rings. The summed E-state index contributed by atoms with van der Waals surface area (Å²) in [6.45, 7) is 6.57. The van der Waals surface area contributed by atoms with Crippen LogP contribution in [0.2, 0.25) is 0 Å². The molecule has 0 aliphatic heterocycles. The molecular weight excluding hydrogens is 326 g/mol. The number of sulfonamides is 1. The molecule has 1 rings (SSSR count). The number of hydrogen-bond donors (Lipinski definition) is 1. The van der Waals surface area contributed by atoms with E-state index in [0.29, 0.717) is 11.4 Å². The molecule has 19 heavy (non-hydrogen) atoms. The number of rotatable bonds is 7. The smallest absolute Gasteiger partial charge is 0.211 e. The average molecular weight is 348 g/mol. The molecular formula is C14H22BrNO2S. The van der Waals surface area contributed by atoms with Gasteiger partial charge < -0.3 is 0 Å². The lowest BCUT2D eigenvalue weighted by Crippen LogP contribution is -2.38. The highest BCUT2D eigenvalue weighted by atomic mass is 79.9. The summed E-state index contributed by atoms with van der Waals surface area (Å²) in [4.78, 5) is 0.328. The van der Waals surface area contributed by atoms with E-state index in [1.165, 1.54) is 0 Å². The van der Waals surface area contributed by atoms with Crippen molar-refractivity contribution in [2.75, 3.05) is 11.9 Å². The fraction of sp³-hybridized carbons (Fsp3) is 0.571. The molecule has 1 aromatic rings. The maximum absolute atomic E-state index is 12.2. The van der Waals surface area contributed by atoms with Crippen molar-refractivity contribution in [2.24, 2.45) is 5.41 Å². The van der Waals surface area contributed by atoms with E-state index in [4.69, 9.17) is 0 Å². The summed E-state index contributed by atoms with van der Waals surface area (Å²) in [6.07, 6.45) is 1.87. The van der Waals surface area contributed by atoms with Gasteiger partial charge in [-0.15, -0.1) is 0 Å². The SMILES string of the molecule is CCC(CC)(CBr)CNS(=O)(=O)c1ccc(C)cc1. The van der Waals surface area contributed by atoms with E-state index >= 15 is 0 Å². The molecule has 0 spiro atoms. The van der Waals surface area contributed by atoms with E-state index in [1.54, 1.807) is 12.1 Å². The summed E-state index contributed by atoms with van der Waals surface area (Å²) in [5, 5.41) is 0.795. The van der Waals surface area contributed by atoms with E-state index in [0.717, 1.165) is 23.7 Å². The zero-order valence-electron chi connectivity index (χ0n) is 11.7. The number of hydrogen-bond acceptors (Lipinski definition) is 2. The maximum Gasteiger partial charge on any atom is 0.240 e. The van der Waals surface area contributed by atoms with Gasteiger partial charge in [-0.25, -0.2) is 13.1 Å². The van der Waals surface area contributed by atoms with Crippen LogP contribution < -0.4 is 4.72 Å². The molecule has 108 valence electrons. The van der Waals surface area contributed by atoms with E-state index in [-0.39, 0.29) is 5.41 Å². The summed E-state index contributed by atoms with van der Waals surface area (Å²) in [5.74, 6) is 0. The Bertz CT molecular complexity index is 484. The minimum atomic E-state index is -3.41. The van der Waals surface area contributed by atoms with Crippen LogP contribution in [0.4, 0.5) is 0 Å². The minimum absolute atomic E-state index is 0.0161. The lowest BCUT2D eigenvalue weighted by Gasteiger charge is -2.29. The van der Waals surface area contributed by atoms with Crippen LogP contribution in [0.25, 0.3) is 0 Å². The van der Waals surface area contributed by atoms with E-state index < -0.39 is 10.0 Å². The first-order valence-corrected chi connectivity index (χ1v) is 9.12. The number of aryl methyl sites for hydroxylation is 1. The number of alkyl halides is 1. The molecule has 0 amide bonds. The van der Waals surface area contributed by atoms with Crippen molar-refractivity contribution >= 4 is 26.0 Å². The summed E-state index contributed by atoms with van der Waals surface area (Å²) in [5.41, 5.74) is 1.04. The second-order valence-corrected chi connectivity index (χ2v) is 7.31. The van der Waals surface area contributed by atoms with Gasteiger partial charge in [0.15, 0.2) is 0 Å². The van der Waals surface area contributed by atoms with Crippen molar-refractivity contribution in [2.45, 2.75) is 38.5 Å². The molecule has 1 aromatic carbocycles. The third-order valence-corrected chi connectivity index (χ3v) is 6.36. The Kier molecular flexibility index (Phi) is 6.02. The highest BCUT2D eigenvalue weighted by Gasteiger charge is 2.27. The molecule has 3 nitrogen and oxygen atoms in total. The second-order valence-electron chi connectivity index (χ2n) is 4.98. The molecule has 5 heteroatoms. The number of nitrogens with one attached hydrogen (secondary N) is 1. The van der Waals surface area contributed by atoms with Gasteiger partial charge in [0.2, 0.25) is 10.0 Å². The van der Waals surface area contributed by atoms with Crippen molar-refractivity contribution in [3.05, 3.63) is 29.8 Å². The first-order chi connectivity index (χ1) is 8.89. The van der Waals surface area contributed by atoms with Crippen molar-refractivity contribution in [3.63, 3.8) is 0 Å². The normalized spacial score (nSPS) is 12.6. The van der Waals surface area contributed by atoms with Crippen LogP contribution in [0.5, 0.6) is 0 Å². The van der Waals surface area contributed by atoms with Crippen LogP contribution in [-0.4, -0.2) is 20.3 Å². The van der Waals surface area contributed by atoms with Gasteiger partial charge in [0, 0.05) is 11.9 Å². The van der Waals surface area contributed by atoms with Gasteiger partial charge in [-0.1, -0.05) is 47.5 Å². The standard InChI is InChI=1S/C14H22BrNO2S/c1-4-14(5-2,10-15)11-16-19(17,18)13-8-6-12(3)7-9-13/h6-9,16H,4-5,10-11H2,1-3H3. The lowest BCUT2D eigenvalue weighted by molar-refractivity contribution is 0.309. The maximum atomic E-state index is 12.2. The largest absolute Gasteiger partial charge is 0.240 e.